The molecule has 1 aromatic rings. The summed E-state index contributed by atoms with van der Waals surface area (Å²) >= 11 is 3.43. The van der Waals surface area contributed by atoms with Crippen molar-refractivity contribution < 1.29 is 32.6 Å². The number of ether oxygens (including phenoxy) is 1. The number of aryl methyl sites for hydroxylation is 1. The normalized spacial score (nSPS) is 18.7. The minimum absolute atomic E-state index is 0.0468. The van der Waals surface area contributed by atoms with E-state index >= 15 is 0 Å². The second-order valence-electron chi connectivity index (χ2n) is 6.68. The summed E-state index contributed by atoms with van der Waals surface area (Å²) in [6.45, 7) is 3.14. The van der Waals surface area contributed by atoms with E-state index in [2.05, 4.69) is 26.6 Å². The van der Waals surface area contributed by atoms with Gasteiger partial charge < -0.3 is 25.0 Å². The molecule has 0 bridgehead atoms. The van der Waals surface area contributed by atoms with E-state index < -0.39 is 12.1 Å². The highest BCUT2D eigenvalue weighted by atomic mass is 79.9. The zero-order chi connectivity index (χ0) is 22.9. The average molecular weight is 500 g/mol. The lowest BCUT2D eigenvalue weighted by Gasteiger charge is -2.29. The minimum atomic E-state index is -5.08. The highest BCUT2D eigenvalue weighted by Gasteiger charge is 2.38. The molecule has 30 heavy (non-hydrogen) atoms. The van der Waals surface area contributed by atoms with E-state index in [9.17, 15) is 22.8 Å². The molecule has 1 amide bonds. The first kappa shape index (κ1) is 26.0. The predicted molar refractivity (Wildman–Crippen MR) is 106 cm³/mol. The Bertz CT molecular complexity index is 777. The molecule has 0 unspecified atom stereocenters. The Morgan fingerprint density at radius 2 is 1.87 bits per heavy atom. The van der Waals surface area contributed by atoms with Gasteiger partial charge in [-0.2, -0.15) is 13.2 Å². The second kappa shape index (κ2) is 11.9. The number of carboxylic acids is 1. The third-order valence-corrected chi connectivity index (χ3v) is 4.85. The molecular weight excluding hydrogens is 475 g/mol. The number of nitrogens with one attached hydrogen (secondary N) is 2. The molecule has 2 rings (SSSR count). The lowest BCUT2D eigenvalue weighted by atomic mass is 9.93. The molecule has 1 saturated carbocycles. The van der Waals surface area contributed by atoms with Crippen LogP contribution in [0.5, 0.6) is 5.75 Å². The van der Waals surface area contributed by atoms with Gasteiger partial charge >= 0.3 is 12.1 Å². The number of carboxylic acid groups (broad SMARTS) is 1. The number of amides is 1. The van der Waals surface area contributed by atoms with Gasteiger partial charge in [-0.05, 0) is 48.2 Å². The smallest absolute Gasteiger partial charge is 0.489 e. The molecule has 1 aromatic heterocycles. The number of carbonyl (C=O) groups excluding carboxylic acids is 1. The van der Waals surface area contributed by atoms with Crippen LogP contribution in [0, 0.1) is 0 Å². The van der Waals surface area contributed by atoms with Crippen molar-refractivity contribution in [3.8, 4) is 5.75 Å². The standard InChI is InChI=1S/C16H24BrN3O3.C2HF3O2/c1-3-18-9-15(21)19-11-4-6-12(7-5-11)23-14-8-16(22)20(2)10-13(14)17;3-2(4,5)1(6)7/h8,10-12,18H,3-7,9H2,1-2H3,(H,19,21);(H,6,7). The summed E-state index contributed by atoms with van der Waals surface area (Å²) < 4.78 is 40.0. The van der Waals surface area contributed by atoms with Crippen LogP contribution in [-0.4, -0.2) is 53.0 Å². The number of rotatable bonds is 6. The molecule has 0 atom stereocenters. The van der Waals surface area contributed by atoms with Gasteiger partial charge in [-0.15, -0.1) is 0 Å². The monoisotopic (exact) mass is 499 g/mol. The highest BCUT2D eigenvalue weighted by Crippen LogP contribution is 2.28. The fourth-order valence-corrected chi connectivity index (χ4v) is 3.21. The van der Waals surface area contributed by atoms with Crippen LogP contribution < -0.4 is 20.9 Å². The van der Waals surface area contributed by atoms with Crippen molar-refractivity contribution in [2.45, 2.75) is 50.9 Å². The number of hydrogen-bond acceptors (Lipinski definition) is 5. The highest BCUT2D eigenvalue weighted by molar-refractivity contribution is 9.10. The van der Waals surface area contributed by atoms with Gasteiger partial charge in [-0.3, -0.25) is 9.59 Å². The van der Waals surface area contributed by atoms with Gasteiger partial charge in [-0.1, -0.05) is 6.92 Å². The Morgan fingerprint density at radius 3 is 2.37 bits per heavy atom. The SMILES string of the molecule is CCNCC(=O)NC1CCC(Oc2cc(=O)n(C)cc2Br)CC1.O=C(O)C(F)(F)F. The van der Waals surface area contributed by atoms with Crippen LogP contribution in [0.3, 0.4) is 0 Å². The quantitative estimate of drug-likeness (QED) is 0.553. The van der Waals surface area contributed by atoms with Gasteiger partial charge in [0.2, 0.25) is 5.91 Å². The summed E-state index contributed by atoms with van der Waals surface area (Å²) in [6.07, 6.45) is 0.238. The number of alkyl halides is 3. The average Bonchev–Trinajstić information content (AvgIpc) is 2.65. The van der Waals surface area contributed by atoms with E-state index in [1.807, 2.05) is 6.92 Å². The van der Waals surface area contributed by atoms with E-state index in [-0.39, 0.29) is 23.6 Å². The summed E-state index contributed by atoms with van der Waals surface area (Å²) in [6, 6.07) is 1.72. The topological polar surface area (TPSA) is 110 Å². The molecule has 12 heteroatoms. The zero-order valence-corrected chi connectivity index (χ0v) is 18.2. The summed E-state index contributed by atoms with van der Waals surface area (Å²) in [4.78, 5) is 32.3. The number of aliphatic carboxylic acids is 1. The molecule has 0 spiro atoms. The fraction of sp³-hybridized carbons (Fsp3) is 0.611. The van der Waals surface area contributed by atoms with Crippen LogP contribution in [0.1, 0.15) is 32.6 Å². The maximum atomic E-state index is 11.7. The lowest BCUT2D eigenvalue weighted by molar-refractivity contribution is -0.192. The summed E-state index contributed by atoms with van der Waals surface area (Å²) in [7, 11) is 1.71. The molecule has 1 heterocycles. The summed E-state index contributed by atoms with van der Waals surface area (Å²) in [5, 5.41) is 13.2. The Morgan fingerprint density at radius 1 is 1.30 bits per heavy atom. The van der Waals surface area contributed by atoms with Crippen LogP contribution in [0.2, 0.25) is 0 Å². The Labute approximate surface area is 179 Å². The van der Waals surface area contributed by atoms with E-state index in [1.165, 1.54) is 10.6 Å². The molecule has 0 aliphatic heterocycles. The number of likely N-dealkylation sites (N-methyl/N-ethyl adjacent to an activating group) is 1. The maximum absolute atomic E-state index is 11.7. The number of carbonyl (C=O) groups is 2. The van der Waals surface area contributed by atoms with Gasteiger partial charge in [0, 0.05) is 25.4 Å². The van der Waals surface area contributed by atoms with Crippen LogP contribution in [0.4, 0.5) is 13.2 Å². The Hall–Kier alpha value is -2.08. The van der Waals surface area contributed by atoms with Gasteiger partial charge in [-0.25, -0.2) is 4.79 Å². The number of nitrogens with zero attached hydrogens (tertiary/aromatic N) is 1. The molecule has 0 saturated heterocycles. The molecule has 1 aliphatic carbocycles. The van der Waals surface area contributed by atoms with Gasteiger partial charge in [0.15, 0.2) is 0 Å². The van der Waals surface area contributed by atoms with Crippen LogP contribution in [0.15, 0.2) is 21.5 Å². The van der Waals surface area contributed by atoms with Crippen molar-refractivity contribution in [1.29, 1.82) is 0 Å². The molecule has 0 aromatic carbocycles. The first-order chi connectivity index (χ1) is 13.9. The molecule has 1 fully saturated rings. The molecule has 8 nitrogen and oxygen atoms in total. The zero-order valence-electron chi connectivity index (χ0n) is 16.6. The summed E-state index contributed by atoms with van der Waals surface area (Å²) in [5.41, 5.74) is -0.0902. The van der Waals surface area contributed by atoms with E-state index in [0.717, 1.165) is 36.7 Å². The van der Waals surface area contributed by atoms with Crippen molar-refractivity contribution in [3.63, 3.8) is 0 Å². The molecule has 3 N–H and O–H groups in total. The van der Waals surface area contributed by atoms with Crippen LogP contribution >= 0.6 is 15.9 Å². The van der Waals surface area contributed by atoms with Gasteiger partial charge in [0.25, 0.3) is 5.56 Å². The van der Waals surface area contributed by atoms with Crippen molar-refractivity contribution in [1.82, 2.24) is 15.2 Å². The molecule has 0 radical (unpaired) electrons. The fourth-order valence-electron chi connectivity index (χ4n) is 2.69. The molecule has 1 aliphatic rings. The van der Waals surface area contributed by atoms with Gasteiger partial charge in [0.1, 0.15) is 5.75 Å². The predicted octanol–water partition coefficient (Wildman–Crippen LogP) is 2.20. The molecule has 170 valence electrons. The van der Waals surface area contributed by atoms with Crippen molar-refractivity contribution in [2.24, 2.45) is 7.05 Å². The second-order valence-corrected chi connectivity index (χ2v) is 7.53. The summed E-state index contributed by atoms with van der Waals surface area (Å²) in [5.74, 6) is -2.12. The first-order valence-electron chi connectivity index (χ1n) is 9.27. The van der Waals surface area contributed by atoms with E-state index in [4.69, 9.17) is 14.6 Å². The number of pyridine rings is 1. The van der Waals surface area contributed by atoms with Crippen LogP contribution in [-0.2, 0) is 16.6 Å². The third kappa shape index (κ3) is 9.16. The van der Waals surface area contributed by atoms with Crippen molar-refractivity contribution in [2.75, 3.05) is 13.1 Å². The van der Waals surface area contributed by atoms with Gasteiger partial charge in [0.05, 0.1) is 17.1 Å². The van der Waals surface area contributed by atoms with Crippen molar-refractivity contribution >= 4 is 27.8 Å². The molecular formula is C18H25BrF3N3O5. The lowest BCUT2D eigenvalue weighted by Crippen LogP contribution is -2.43. The van der Waals surface area contributed by atoms with Crippen LogP contribution in [0.25, 0.3) is 0 Å². The maximum Gasteiger partial charge on any atom is 0.490 e. The number of aromatic nitrogens is 1. The van der Waals surface area contributed by atoms with Crippen molar-refractivity contribution in [3.05, 3.63) is 27.1 Å². The third-order valence-electron chi connectivity index (χ3n) is 4.26. The van der Waals surface area contributed by atoms with E-state index in [1.54, 1.807) is 13.2 Å². The Balaban J connectivity index is 0.000000553. The number of halogens is 4. The largest absolute Gasteiger partial charge is 0.490 e. The first-order valence-corrected chi connectivity index (χ1v) is 10.1. The minimum Gasteiger partial charge on any atom is -0.489 e. The van der Waals surface area contributed by atoms with E-state index in [0.29, 0.717) is 12.3 Å². The Kier molecular flexibility index (Phi) is 10.3. The number of hydrogen-bond donors (Lipinski definition) is 3.